The predicted molar refractivity (Wildman–Crippen MR) is 83.0 cm³/mol. The van der Waals surface area contributed by atoms with Crippen LogP contribution in [0.4, 0.5) is 5.69 Å². The molecule has 0 atom stereocenters. The average Bonchev–Trinajstić information content (AvgIpc) is 2.47. The average molecular weight is 317 g/mol. The largest absolute Gasteiger partial charge is 0.372 e. The third-order valence-corrected chi connectivity index (χ3v) is 6.08. The Balaban J connectivity index is 2.10. The molecule has 0 bridgehead atoms. The van der Waals surface area contributed by atoms with E-state index in [1.54, 1.807) is 26.2 Å². The van der Waals surface area contributed by atoms with Gasteiger partial charge >= 0.3 is 0 Å². The molecule has 1 aromatic rings. The van der Waals surface area contributed by atoms with Crippen LogP contribution < -0.4 is 4.90 Å². The first kappa shape index (κ1) is 15.6. The minimum atomic E-state index is -3.34. The molecule has 0 aromatic heterocycles. The number of piperidine rings is 1. The molecule has 20 heavy (non-hydrogen) atoms. The second kappa shape index (κ2) is 6.33. The Morgan fingerprint density at radius 1 is 1.20 bits per heavy atom. The van der Waals surface area contributed by atoms with Gasteiger partial charge in [-0.2, -0.15) is 0 Å². The number of halogens is 1. The van der Waals surface area contributed by atoms with Crippen molar-refractivity contribution in [3.05, 3.63) is 24.3 Å². The fourth-order valence-corrected chi connectivity index (χ4v) is 3.60. The Hall–Kier alpha value is -0.780. The molecule has 0 radical (unpaired) electrons. The van der Waals surface area contributed by atoms with Gasteiger partial charge in [0, 0.05) is 38.8 Å². The molecule has 112 valence electrons. The van der Waals surface area contributed by atoms with Gasteiger partial charge in [0.05, 0.1) is 4.90 Å². The number of sulfonamides is 1. The first-order valence-electron chi connectivity index (χ1n) is 6.78. The lowest BCUT2D eigenvalue weighted by Gasteiger charge is -2.33. The maximum atomic E-state index is 12.0. The molecule has 0 unspecified atom stereocenters. The molecule has 2 rings (SSSR count). The molecule has 1 heterocycles. The zero-order chi connectivity index (χ0) is 14.8. The van der Waals surface area contributed by atoms with Gasteiger partial charge < -0.3 is 4.90 Å². The molecule has 1 aromatic carbocycles. The molecule has 1 aliphatic heterocycles. The van der Waals surface area contributed by atoms with Crippen LogP contribution in [0, 0.1) is 5.92 Å². The number of nitrogens with zero attached hydrogens (tertiary/aromatic N) is 2. The fourth-order valence-electron chi connectivity index (χ4n) is 2.39. The number of anilines is 1. The van der Waals surface area contributed by atoms with Crippen LogP contribution in [-0.4, -0.2) is 45.8 Å². The van der Waals surface area contributed by atoms with E-state index >= 15 is 0 Å². The lowest BCUT2D eigenvalue weighted by Crippen LogP contribution is -2.34. The topological polar surface area (TPSA) is 40.6 Å². The van der Waals surface area contributed by atoms with Crippen LogP contribution in [0.15, 0.2) is 29.2 Å². The highest BCUT2D eigenvalue weighted by Gasteiger charge is 2.20. The summed E-state index contributed by atoms with van der Waals surface area (Å²) in [5.74, 6) is 1.34. The molecule has 1 saturated heterocycles. The summed E-state index contributed by atoms with van der Waals surface area (Å²) in [5.41, 5.74) is 1.08. The molecular weight excluding hydrogens is 296 g/mol. The zero-order valence-electron chi connectivity index (χ0n) is 11.9. The molecule has 6 heteroatoms. The van der Waals surface area contributed by atoms with Gasteiger partial charge in [-0.1, -0.05) is 0 Å². The van der Waals surface area contributed by atoms with Crippen LogP contribution in [-0.2, 0) is 10.0 Å². The Bertz CT molecular complexity index is 535. The van der Waals surface area contributed by atoms with E-state index < -0.39 is 10.0 Å². The summed E-state index contributed by atoms with van der Waals surface area (Å²) in [5, 5.41) is 0. The van der Waals surface area contributed by atoms with Crippen LogP contribution >= 0.6 is 11.6 Å². The van der Waals surface area contributed by atoms with E-state index in [1.807, 2.05) is 12.1 Å². The van der Waals surface area contributed by atoms with Gasteiger partial charge in [-0.25, -0.2) is 12.7 Å². The fraction of sp³-hybridized carbons (Fsp3) is 0.571. The van der Waals surface area contributed by atoms with E-state index in [-0.39, 0.29) is 0 Å². The summed E-state index contributed by atoms with van der Waals surface area (Å²) in [7, 11) is -0.256. The van der Waals surface area contributed by atoms with Crippen molar-refractivity contribution in [2.45, 2.75) is 17.7 Å². The summed E-state index contributed by atoms with van der Waals surface area (Å²) < 4.78 is 25.2. The Morgan fingerprint density at radius 2 is 1.75 bits per heavy atom. The second-order valence-corrected chi connectivity index (χ2v) is 7.83. The first-order chi connectivity index (χ1) is 9.45. The van der Waals surface area contributed by atoms with E-state index in [4.69, 9.17) is 11.6 Å². The van der Waals surface area contributed by atoms with Crippen LogP contribution in [0.25, 0.3) is 0 Å². The van der Waals surface area contributed by atoms with Gasteiger partial charge in [0.15, 0.2) is 0 Å². The van der Waals surface area contributed by atoms with Crippen molar-refractivity contribution in [3.63, 3.8) is 0 Å². The van der Waals surface area contributed by atoms with Gasteiger partial charge in [0.2, 0.25) is 10.0 Å². The van der Waals surface area contributed by atoms with Crippen molar-refractivity contribution in [1.82, 2.24) is 4.31 Å². The molecule has 0 spiro atoms. The van der Waals surface area contributed by atoms with Crippen molar-refractivity contribution in [2.24, 2.45) is 5.92 Å². The summed E-state index contributed by atoms with van der Waals surface area (Å²) in [6, 6.07) is 7.13. The summed E-state index contributed by atoms with van der Waals surface area (Å²) in [6.45, 7) is 1.97. The quantitative estimate of drug-likeness (QED) is 0.801. The number of rotatable bonds is 4. The SMILES string of the molecule is CN(C)S(=O)(=O)c1ccc(N2CCC(CCl)CC2)cc1. The monoisotopic (exact) mass is 316 g/mol. The Morgan fingerprint density at radius 3 is 2.20 bits per heavy atom. The van der Waals surface area contributed by atoms with Gasteiger partial charge in [0.1, 0.15) is 0 Å². The maximum absolute atomic E-state index is 12.0. The number of alkyl halides is 1. The smallest absolute Gasteiger partial charge is 0.242 e. The van der Waals surface area contributed by atoms with Crippen molar-refractivity contribution < 1.29 is 8.42 Å². The number of benzene rings is 1. The van der Waals surface area contributed by atoms with Crippen molar-refractivity contribution >= 4 is 27.3 Å². The molecule has 0 N–H and O–H groups in total. The molecule has 0 aliphatic carbocycles. The Labute approximate surface area is 126 Å². The van der Waals surface area contributed by atoms with E-state index in [0.717, 1.165) is 37.5 Å². The van der Waals surface area contributed by atoms with Gasteiger partial charge in [0.25, 0.3) is 0 Å². The standard InChI is InChI=1S/C14H21ClN2O2S/c1-16(2)20(18,19)14-5-3-13(4-6-14)17-9-7-12(11-15)8-10-17/h3-6,12H,7-11H2,1-2H3. The maximum Gasteiger partial charge on any atom is 0.242 e. The van der Waals surface area contributed by atoms with Crippen LogP contribution in [0.3, 0.4) is 0 Å². The number of hydrogen-bond acceptors (Lipinski definition) is 3. The molecular formula is C14H21ClN2O2S. The summed E-state index contributed by atoms with van der Waals surface area (Å²) >= 11 is 5.88. The highest BCUT2D eigenvalue weighted by Crippen LogP contribution is 2.25. The first-order valence-corrected chi connectivity index (χ1v) is 8.76. The highest BCUT2D eigenvalue weighted by molar-refractivity contribution is 7.89. The predicted octanol–water partition coefficient (Wildman–Crippen LogP) is 2.39. The zero-order valence-corrected chi connectivity index (χ0v) is 13.5. The van der Waals surface area contributed by atoms with Gasteiger partial charge in [-0.15, -0.1) is 11.6 Å². The summed E-state index contributed by atoms with van der Waals surface area (Å²) in [6.07, 6.45) is 2.20. The van der Waals surface area contributed by atoms with E-state index in [1.165, 1.54) is 4.31 Å². The van der Waals surface area contributed by atoms with Crippen LogP contribution in [0.2, 0.25) is 0 Å². The van der Waals surface area contributed by atoms with Gasteiger partial charge in [-0.3, -0.25) is 0 Å². The Kier molecular flexibility index (Phi) is 4.94. The molecule has 1 aliphatic rings. The van der Waals surface area contributed by atoms with Crippen LogP contribution in [0.1, 0.15) is 12.8 Å². The third-order valence-electron chi connectivity index (χ3n) is 3.81. The molecule has 0 amide bonds. The van der Waals surface area contributed by atoms with E-state index in [2.05, 4.69) is 4.90 Å². The van der Waals surface area contributed by atoms with Crippen molar-refractivity contribution in [2.75, 3.05) is 38.0 Å². The highest BCUT2D eigenvalue weighted by atomic mass is 35.5. The molecule has 4 nitrogen and oxygen atoms in total. The lowest BCUT2D eigenvalue weighted by molar-refractivity contribution is 0.443. The normalized spacial score (nSPS) is 17.7. The molecule has 0 saturated carbocycles. The van der Waals surface area contributed by atoms with Crippen LogP contribution in [0.5, 0.6) is 0 Å². The van der Waals surface area contributed by atoms with Crippen molar-refractivity contribution in [3.8, 4) is 0 Å². The lowest BCUT2D eigenvalue weighted by atomic mass is 9.98. The second-order valence-electron chi connectivity index (χ2n) is 5.37. The van der Waals surface area contributed by atoms with E-state index in [9.17, 15) is 8.42 Å². The molecule has 1 fully saturated rings. The van der Waals surface area contributed by atoms with Gasteiger partial charge in [-0.05, 0) is 43.0 Å². The minimum Gasteiger partial charge on any atom is -0.372 e. The van der Waals surface area contributed by atoms with Crippen molar-refractivity contribution in [1.29, 1.82) is 0 Å². The minimum absolute atomic E-state index is 0.335. The third kappa shape index (κ3) is 3.27. The number of hydrogen-bond donors (Lipinski definition) is 0. The van der Waals surface area contributed by atoms with E-state index in [0.29, 0.717) is 10.8 Å². The summed E-state index contributed by atoms with van der Waals surface area (Å²) in [4.78, 5) is 2.62.